The van der Waals surface area contributed by atoms with Gasteiger partial charge in [-0.05, 0) is 70.9 Å². The zero-order chi connectivity index (χ0) is 27.7. The SMILES string of the molecule is CC(=O)[C@@H](OC(C)(C)C)c1c(C)nc(C)c(-c2ccc(CN3CCOCC3)cc2)c1N1CCC(C)(C)CC1. The van der Waals surface area contributed by atoms with Crippen molar-refractivity contribution in [3.63, 3.8) is 0 Å². The van der Waals surface area contributed by atoms with Gasteiger partial charge in [-0.2, -0.15) is 0 Å². The molecule has 3 heterocycles. The predicted molar refractivity (Wildman–Crippen MR) is 155 cm³/mol. The van der Waals surface area contributed by atoms with Crippen molar-refractivity contribution in [2.24, 2.45) is 5.41 Å². The van der Waals surface area contributed by atoms with Crippen molar-refractivity contribution >= 4 is 11.5 Å². The Morgan fingerprint density at radius 3 is 2.18 bits per heavy atom. The molecule has 0 amide bonds. The van der Waals surface area contributed by atoms with Crippen molar-refractivity contribution in [2.75, 3.05) is 44.3 Å². The highest BCUT2D eigenvalue weighted by atomic mass is 16.5. The second-order valence-electron chi connectivity index (χ2n) is 12.9. The Bertz CT molecular complexity index is 1120. The highest BCUT2D eigenvalue weighted by Crippen LogP contribution is 2.45. The van der Waals surface area contributed by atoms with E-state index in [1.165, 1.54) is 5.56 Å². The number of nitrogens with zero attached hydrogens (tertiary/aromatic N) is 3. The van der Waals surface area contributed by atoms with E-state index in [0.717, 1.165) is 92.5 Å². The number of carbonyl (C=O) groups is 1. The van der Waals surface area contributed by atoms with E-state index in [4.69, 9.17) is 14.5 Å². The number of anilines is 1. The van der Waals surface area contributed by atoms with E-state index in [2.05, 4.69) is 54.8 Å². The first-order chi connectivity index (χ1) is 17.8. The molecule has 6 nitrogen and oxygen atoms in total. The lowest BCUT2D eigenvalue weighted by atomic mass is 9.81. The average Bonchev–Trinajstić information content (AvgIpc) is 2.83. The van der Waals surface area contributed by atoms with Gasteiger partial charge in [0.2, 0.25) is 0 Å². The predicted octanol–water partition coefficient (Wildman–Crippen LogP) is 6.27. The van der Waals surface area contributed by atoms with E-state index in [1.54, 1.807) is 6.92 Å². The van der Waals surface area contributed by atoms with Crippen LogP contribution in [0.2, 0.25) is 0 Å². The maximum absolute atomic E-state index is 13.1. The van der Waals surface area contributed by atoms with E-state index in [-0.39, 0.29) is 5.78 Å². The number of aryl methyl sites for hydroxylation is 2. The number of rotatable bonds is 7. The molecule has 4 rings (SSSR count). The van der Waals surface area contributed by atoms with E-state index in [1.807, 2.05) is 27.7 Å². The third-order valence-electron chi connectivity index (χ3n) is 7.87. The maximum atomic E-state index is 13.1. The Labute approximate surface area is 229 Å². The van der Waals surface area contributed by atoms with Crippen molar-refractivity contribution in [1.29, 1.82) is 0 Å². The summed E-state index contributed by atoms with van der Waals surface area (Å²) in [6.07, 6.45) is 1.55. The van der Waals surface area contributed by atoms with Crippen LogP contribution in [0.3, 0.4) is 0 Å². The third-order valence-corrected chi connectivity index (χ3v) is 7.87. The number of ether oxygens (including phenoxy) is 2. The lowest BCUT2D eigenvalue weighted by Crippen LogP contribution is -2.39. The van der Waals surface area contributed by atoms with Crippen molar-refractivity contribution in [1.82, 2.24) is 9.88 Å². The maximum Gasteiger partial charge on any atom is 0.163 e. The topological polar surface area (TPSA) is 54.9 Å². The molecule has 208 valence electrons. The molecule has 0 saturated carbocycles. The molecule has 1 aromatic carbocycles. The van der Waals surface area contributed by atoms with Crippen LogP contribution in [0.5, 0.6) is 0 Å². The van der Waals surface area contributed by atoms with Crippen LogP contribution in [-0.2, 0) is 20.8 Å². The van der Waals surface area contributed by atoms with Crippen molar-refractivity contribution in [3.05, 3.63) is 46.8 Å². The Morgan fingerprint density at radius 1 is 1.03 bits per heavy atom. The number of Topliss-reactive ketones (excluding diaryl/α,β-unsaturated/α-hetero) is 1. The molecular formula is C32H47N3O3. The zero-order valence-corrected chi connectivity index (χ0v) is 24.8. The second kappa shape index (κ2) is 11.4. The number of hydrogen-bond acceptors (Lipinski definition) is 6. The van der Waals surface area contributed by atoms with Gasteiger partial charge in [0.1, 0.15) is 6.10 Å². The zero-order valence-electron chi connectivity index (χ0n) is 24.8. The van der Waals surface area contributed by atoms with Crippen LogP contribution in [-0.4, -0.2) is 60.7 Å². The van der Waals surface area contributed by atoms with Crippen LogP contribution in [0.15, 0.2) is 24.3 Å². The summed E-state index contributed by atoms with van der Waals surface area (Å²) in [4.78, 5) is 23.0. The quantitative estimate of drug-likeness (QED) is 0.428. The molecule has 2 aliphatic heterocycles. The number of hydrogen-bond donors (Lipinski definition) is 0. The van der Waals surface area contributed by atoms with Crippen molar-refractivity contribution < 1.29 is 14.3 Å². The number of carbonyl (C=O) groups excluding carboxylic acids is 1. The summed E-state index contributed by atoms with van der Waals surface area (Å²) in [6, 6.07) is 8.93. The highest BCUT2D eigenvalue weighted by molar-refractivity contribution is 5.90. The number of pyridine rings is 1. The molecule has 1 atom stereocenters. The van der Waals surface area contributed by atoms with E-state index >= 15 is 0 Å². The number of morpholine rings is 1. The molecule has 0 N–H and O–H groups in total. The standard InChI is InChI=1S/C32H47N3O3/c1-22-27(26-11-9-25(10-12-26)21-34-17-19-37-20-18-34)29(35-15-13-32(7,8)14-16-35)28(23(2)33-22)30(24(3)36)38-31(4,5)6/h9-12,30H,13-21H2,1-8H3/t30-/m1/s1. The van der Waals surface area contributed by atoms with E-state index in [9.17, 15) is 4.79 Å². The normalized spacial score (nSPS) is 19.4. The van der Waals surface area contributed by atoms with Gasteiger partial charge in [-0.1, -0.05) is 38.1 Å². The Balaban J connectivity index is 1.81. The van der Waals surface area contributed by atoms with Gasteiger partial charge in [-0.3, -0.25) is 14.7 Å². The van der Waals surface area contributed by atoms with Crippen molar-refractivity contribution in [2.45, 2.75) is 86.5 Å². The molecule has 0 aliphatic carbocycles. The molecule has 0 unspecified atom stereocenters. The lowest BCUT2D eigenvalue weighted by molar-refractivity contribution is -0.138. The molecular weight excluding hydrogens is 474 g/mol. The Hall–Kier alpha value is -2.28. The summed E-state index contributed by atoms with van der Waals surface area (Å²) >= 11 is 0. The molecule has 0 radical (unpaired) electrons. The number of aromatic nitrogens is 1. The Kier molecular flexibility index (Phi) is 8.65. The van der Waals surface area contributed by atoms with Gasteiger partial charge in [-0.15, -0.1) is 0 Å². The van der Waals surface area contributed by atoms with Gasteiger partial charge in [0.15, 0.2) is 5.78 Å². The molecule has 0 bridgehead atoms. The largest absolute Gasteiger partial charge is 0.379 e. The van der Waals surface area contributed by atoms with E-state index in [0.29, 0.717) is 5.41 Å². The Morgan fingerprint density at radius 2 is 1.63 bits per heavy atom. The minimum atomic E-state index is -0.660. The minimum Gasteiger partial charge on any atom is -0.379 e. The minimum absolute atomic E-state index is 0.0130. The summed E-state index contributed by atoms with van der Waals surface area (Å²) in [5.74, 6) is 0.0130. The first-order valence-corrected chi connectivity index (χ1v) is 14.2. The number of piperidine rings is 1. The average molecular weight is 522 g/mol. The summed E-state index contributed by atoms with van der Waals surface area (Å²) in [6.45, 7) is 22.9. The smallest absolute Gasteiger partial charge is 0.163 e. The molecule has 2 aromatic rings. The van der Waals surface area contributed by atoms with Crippen LogP contribution in [0, 0.1) is 19.3 Å². The highest BCUT2D eigenvalue weighted by Gasteiger charge is 2.35. The summed E-state index contributed by atoms with van der Waals surface area (Å²) < 4.78 is 12.0. The monoisotopic (exact) mass is 521 g/mol. The van der Waals surface area contributed by atoms with Crippen LogP contribution in [0.1, 0.15) is 83.0 Å². The molecule has 2 saturated heterocycles. The van der Waals surface area contributed by atoms with Crippen molar-refractivity contribution in [3.8, 4) is 11.1 Å². The van der Waals surface area contributed by atoms with Crippen LogP contribution >= 0.6 is 0 Å². The van der Waals surface area contributed by atoms with Gasteiger partial charge in [-0.25, -0.2) is 0 Å². The fourth-order valence-corrected chi connectivity index (χ4v) is 5.66. The molecule has 0 spiro atoms. The first-order valence-electron chi connectivity index (χ1n) is 14.2. The summed E-state index contributed by atoms with van der Waals surface area (Å²) in [7, 11) is 0. The fourth-order valence-electron chi connectivity index (χ4n) is 5.66. The third kappa shape index (κ3) is 6.83. The van der Waals surface area contributed by atoms with Gasteiger partial charge >= 0.3 is 0 Å². The van der Waals surface area contributed by atoms with E-state index < -0.39 is 11.7 Å². The molecule has 2 aliphatic rings. The number of ketones is 1. The van der Waals surface area contributed by atoms with Crippen LogP contribution in [0.4, 0.5) is 5.69 Å². The van der Waals surface area contributed by atoms with Gasteiger partial charge in [0.25, 0.3) is 0 Å². The lowest BCUT2D eigenvalue weighted by Gasteiger charge is -2.41. The summed E-state index contributed by atoms with van der Waals surface area (Å²) in [5, 5.41) is 0. The fraction of sp³-hybridized carbons (Fsp3) is 0.625. The van der Waals surface area contributed by atoms with Crippen LogP contribution < -0.4 is 4.90 Å². The summed E-state index contributed by atoms with van der Waals surface area (Å²) in [5.41, 5.74) is 7.32. The molecule has 1 aromatic heterocycles. The molecule has 6 heteroatoms. The first kappa shape index (κ1) is 28.7. The van der Waals surface area contributed by atoms with Gasteiger partial charge in [0, 0.05) is 55.2 Å². The molecule has 2 fully saturated rings. The second-order valence-corrected chi connectivity index (χ2v) is 12.9. The molecule has 38 heavy (non-hydrogen) atoms. The van der Waals surface area contributed by atoms with Gasteiger partial charge in [0.05, 0.1) is 24.5 Å². The number of benzene rings is 1. The van der Waals surface area contributed by atoms with Crippen LogP contribution in [0.25, 0.3) is 11.1 Å². The van der Waals surface area contributed by atoms with Gasteiger partial charge < -0.3 is 14.4 Å².